The highest BCUT2D eigenvalue weighted by atomic mass is 35.5. The van der Waals surface area contributed by atoms with Gasteiger partial charge in [0.05, 0.1) is 17.0 Å². The highest BCUT2D eigenvalue weighted by molar-refractivity contribution is 6.32. The fraction of sp³-hybridized carbons (Fsp3) is 0.417. The van der Waals surface area contributed by atoms with E-state index in [0.717, 1.165) is 18.8 Å². The van der Waals surface area contributed by atoms with E-state index in [1.165, 1.54) is 0 Å². The molecule has 9 heteroatoms. The van der Waals surface area contributed by atoms with Crippen molar-refractivity contribution in [2.45, 2.75) is 18.6 Å². The van der Waals surface area contributed by atoms with E-state index in [1.54, 1.807) is 12.1 Å². The van der Waals surface area contributed by atoms with Crippen LogP contribution >= 0.6 is 11.6 Å². The van der Waals surface area contributed by atoms with Crippen molar-refractivity contribution < 1.29 is 19.4 Å². The molecule has 4 rings (SSSR count). The summed E-state index contributed by atoms with van der Waals surface area (Å²) in [5.41, 5.74) is 1.14. The van der Waals surface area contributed by atoms with Crippen molar-refractivity contribution in [2.75, 3.05) is 44.4 Å². The quantitative estimate of drug-likeness (QED) is 0.551. The number of carbonyl (C=O) groups excluding carboxylic acids is 2. The second-order valence-electron chi connectivity index (χ2n) is 8.25. The van der Waals surface area contributed by atoms with E-state index < -0.39 is 18.7 Å². The normalized spacial score (nSPS) is 23.2. The number of nitrogens with zero attached hydrogens (tertiary/aromatic N) is 2. The fourth-order valence-corrected chi connectivity index (χ4v) is 4.64. The van der Waals surface area contributed by atoms with E-state index in [4.69, 9.17) is 16.3 Å². The first-order valence-electron chi connectivity index (χ1n) is 11.2. The van der Waals surface area contributed by atoms with E-state index >= 15 is 0 Å². The van der Waals surface area contributed by atoms with Crippen LogP contribution in [0.4, 0.5) is 5.69 Å². The highest BCUT2D eigenvalue weighted by Crippen LogP contribution is 2.28. The standard InChI is InChI=1S/C24H29ClN4O4/c25-20-8-4-5-9-21(20)33-18-14-19(23(31)27-16-30)22(26-15-18)24(32)29-12-10-28(11-13-29)17-6-2-1-3-7-17/h1-9,18-19,22,26,30H,10-16H2,(H,27,31)/t18-,19-,22-/m0/s1. The number of anilines is 1. The number of ether oxygens (including phenoxy) is 1. The Morgan fingerprint density at radius 3 is 2.45 bits per heavy atom. The van der Waals surface area contributed by atoms with E-state index in [1.807, 2.05) is 35.2 Å². The van der Waals surface area contributed by atoms with Crippen molar-refractivity contribution in [1.82, 2.24) is 15.5 Å². The molecular formula is C24H29ClN4O4. The number of para-hydroxylation sites is 2. The number of nitrogens with one attached hydrogen (secondary N) is 2. The van der Waals surface area contributed by atoms with Crippen LogP contribution in [0.3, 0.4) is 0 Å². The molecule has 3 N–H and O–H groups in total. The van der Waals surface area contributed by atoms with Crippen LogP contribution in [0.25, 0.3) is 0 Å². The zero-order valence-corrected chi connectivity index (χ0v) is 19.1. The SMILES string of the molecule is O=C(NCO)[C@H]1C[C@H](Oc2ccccc2Cl)CN[C@@H]1C(=O)N1CCN(c2ccccc2)CC1. The number of hydrogen-bond donors (Lipinski definition) is 3. The largest absolute Gasteiger partial charge is 0.488 e. The molecule has 33 heavy (non-hydrogen) atoms. The Morgan fingerprint density at radius 2 is 1.76 bits per heavy atom. The van der Waals surface area contributed by atoms with Crippen molar-refractivity contribution in [1.29, 1.82) is 0 Å². The van der Waals surface area contributed by atoms with Crippen LogP contribution < -0.4 is 20.3 Å². The topological polar surface area (TPSA) is 94.1 Å². The van der Waals surface area contributed by atoms with Crippen LogP contribution in [0.5, 0.6) is 5.75 Å². The lowest BCUT2D eigenvalue weighted by atomic mass is 9.87. The summed E-state index contributed by atoms with van der Waals surface area (Å²) in [5, 5.41) is 15.4. The number of piperazine rings is 1. The number of rotatable bonds is 6. The predicted molar refractivity (Wildman–Crippen MR) is 126 cm³/mol. The number of halogens is 1. The third kappa shape index (κ3) is 5.58. The van der Waals surface area contributed by atoms with Gasteiger partial charge in [-0.1, -0.05) is 41.9 Å². The minimum absolute atomic E-state index is 0.100. The second-order valence-corrected chi connectivity index (χ2v) is 8.65. The van der Waals surface area contributed by atoms with Gasteiger partial charge in [-0.2, -0.15) is 0 Å². The molecule has 0 unspecified atom stereocenters. The third-order valence-electron chi connectivity index (χ3n) is 6.18. The Labute approximate surface area is 198 Å². The van der Waals surface area contributed by atoms with Gasteiger partial charge in [0.25, 0.3) is 0 Å². The maximum absolute atomic E-state index is 13.4. The summed E-state index contributed by atoms with van der Waals surface area (Å²) in [5.74, 6) is -0.608. The molecule has 2 aliphatic heterocycles. The average Bonchev–Trinajstić information content (AvgIpc) is 2.86. The van der Waals surface area contributed by atoms with E-state index in [0.29, 0.717) is 36.8 Å². The van der Waals surface area contributed by atoms with Gasteiger partial charge in [0.2, 0.25) is 11.8 Å². The molecule has 0 aromatic heterocycles. The lowest BCUT2D eigenvalue weighted by molar-refractivity contribution is -0.142. The summed E-state index contributed by atoms with van der Waals surface area (Å²) in [4.78, 5) is 30.2. The minimum Gasteiger partial charge on any atom is -0.488 e. The van der Waals surface area contributed by atoms with E-state index in [-0.39, 0.29) is 17.9 Å². The lowest BCUT2D eigenvalue weighted by Crippen LogP contribution is -2.62. The Kier molecular flexibility index (Phi) is 7.69. The van der Waals surface area contributed by atoms with Gasteiger partial charge in [-0.25, -0.2) is 0 Å². The first-order valence-corrected chi connectivity index (χ1v) is 11.6. The molecule has 2 aromatic carbocycles. The van der Waals surface area contributed by atoms with Crippen molar-refractivity contribution >= 4 is 29.1 Å². The van der Waals surface area contributed by atoms with Crippen LogP contribution in [-0.4, -0.2) is 73.4 Å². The van der Waals surface area contributed by atoms with Crippen LogP contribution in [0.2, 0.25) is 5.02 Å². The second kappa shape index (κ2) is 10.9. The summed E-state index contributed by atoms with van der Waals surface area (Å²) >= 11 is 6.21. The maximum Gasteiger partial charge on any atom is 0.240 e. The highest BCUT2D eigenvalue weighted by Gasteiger charge is 2.42. The molecule has 3 atom stereocenters. The molecule has 2 saturated heterocycles. The molecule has 2 aromatic rings. The van der Waals surface area contributed by atoms with Crippen molar-refractivity contribution in [3.63, 3.8) is 0 Å². The maximum atomic E-state index is 13.4. The summed E-state index contributed by atoms with van der Waals surface area (Å²) in [6, 6.07) is 16.6. The molecule has 0 saturated carbocycles. The van der Waals surface area contributed by atoms with E-state index in [2.05, 4.69) is 27.7 Å². The van der Waals surface area contributed by atoms with Gasteiger partial charge in [-0.3, -0.25) is 9.59 Å². The Balaban J connectivity index is 1.41. The number of carbonyl (C=O) groups is 2. The first-order chi connectivity index (χ1) is 16.1. The Morgan fingerprint density at radius 1 is 1.06 bits per heavy atom. The number of piperidine rings is 1. The molecule has 176 valence electrons. The minimum atomic E-state index is -0.675. The van der Waals surface area contributed by atoms with Gasteiger partial charge in [0, 0.05) is 38.4 Å². The fourth-order valence-electron chi connectivity index (χ4n) is 4.46. The van der Waals surface area contributed by atoms with Crippen molar-refractivity contribution in [3.8, 4) is 5.75 Å². The average molecular weight is 473 g/mol. The Bertz CT molecular complexity index is 952. The van der Waals surface area contributed by atoms with Crippen LogP contribution in [0, 0.1) is 5.92 Å². The van der Waals surface area contributed by atoms with Crippen LogP contribution in [-0.2, 0) is 9.59 Å². The molecular weight excluding hydrogens is 444 g/mol. The van der Waals surface area contributed by atoms with E-state index in [9.17, 15) is 14.7 Å². The van der Waals surface area contributed by atoms with Gasteiger partial charge in [0.15, 0.2) is 0 Å². The molecule has 0 bridgehead atoms. The van der Waals surface area contributed by atoms with Crippen molar-refractivity contribution in [3.05, 3.63) is 59.6 Å². The van der Waals surface area contributed by atoms with Crippen LogP contribution in [0.15, 0.2) is 54.6 Å². The Hall–Kier alpha value is -2.81. The number of aliphatic hydroxyl groups is 1. The third-order valence-corrected chi connectivity index (χ3v) is 6.50. The van der Waals surface area contributed by atoms with Gasteiger partial charge in [-0.05, 0) is 30.7 Å². The summed E-state index contributed by atoms with van der Waals surface area (Å²) in [6.45, 7) is 2.55. The number of aliphatic hydroxyl groups excluding tert-OH is 1. The van der Waals surface area contributed by atoms with Gasteiger partial charge in [-0.15, -0.1) is 0 Å². The molecule has 2 heterocycles. The molecule has 0 radical (unpaired) electrons. The van der Waals surface area contributed by atoms with Gasteiger partial charge < -0.3 is 30.3 Å². The zero-order valence-electron chi connectivity index (χ0n) is 18.3. The molecule has 8 nitrogen and oxygen atoms in total. The molecule has 0 spiro atoms. The van der Waals surface area contributed by atoms with Crippen molar-refractivity contribution in [2.24, 2.45) is 5.92 Å². The number of amides is 2. The molecule has 2 fully saturated rings. The van der Waals surface area contributed by atoms with Gasteiger partial charge >= 0.3 is 0 Å². The summed E-state index contributed by atoms with van der Waals surface area (Å²) < 4.78 is 6.01. The number of benzene rings is 2. The first kappa shape index (κ1) is 23.4. The smallest absolute Gasteiger partial charge is 0.240 e. The summed E-state index contributed by atoms with van der Waals surface area (Å²) in [6.07, 6.45) is 0.00285. The predicted octanol–water partition coefficient (Wildman–Crippen LogP) is 1.48. The lowest BCUT2D eigenvalue weighted by Gasteiger charge is -2.41. The summed E-state index contributed by atoms with van der Waals surface area (Å²) in [7, 11) is 0. The monoisotopic (exact) mass is 472 g/mol. The number of hydrogen-bond acceptors (Lipinski definition) is 6. The zero-order chi connectivity index (χ0) is 23.2. The van der Waals surface area contributed by atoms with Crippen LogP contribution in [0.1, 0.15) is 6.42 Å². The molecule has 0 aliphatic carbocycles. The molecule has 2 aliphatic rings. The van der Waals surface area contributed by atoms with Gasteiger partial charge in [0.1, 0.15) is 18.6 Å². The molecule has 2 amide bonds.